The molecule has 1 N–H and O–H groups in total. The van der Waals surface area contributed by atoms with Gasteiger partial charge in [-0.3, -0.25) is 0 Å². The van der Waals surface area contributed by atoms with E-state index in [1.165, 1.54) is 29.0 Å². The molecule has 9 heteroatoms. The van der Waals surface area contributed by atoms with Crippen LogP contribution in [0.25, 0.3) is 0 Å². The second-order valence-electron chi connectivity index (χ2n) is 5.85. The predicted octanol–water partition coefficient (Wildman–Crippen LogP) is 2.88. The van der Waals surface area contributed by atoms with Gasteiger partial charge in [-0.25, -0.2) is 27.1 Å². The summed E-state index contributed by atoms with van der Waals surface area (Å²) in [5, 5.41) is 3.48. The number of halogens is 1. The smallest absolute Gasteiger partial charge is 0.211 e. The highest BCUT2D eigenvalue weighted by atomic mass is 32.2. The molecular formula is C16H19FN4O2S2. The molecule has 134 valence electrons. The van der Waals surface area contributed by atoms with E-state index in [1.807, 2.05) is 0 Å². The molecule has 1 fully saturated rings. The summed E-state index contributed by atoms with van der Waals surface area (Å²) in [4.78, 5) is 9.25. The highest BCUT2D eigenvalue weighted by molar-refractivity contribution is 8.00. The first-order valence-corrected chi connectivity index (χ1v) is 10.6. The summed E-state index contributed by atoms with van der Waals surface area (Å²) >= 11 is 1.64. The zero-order valence-corrected chi connectivity index (χ0v) is 15.4. The fourth-order valence-electron chi connectivity index (χ4n) is 2.63. The van der Waals surface area contributed by atoms with Gasteiger partial charge in [-0.2, -0.15) is 0 Å². The molecule has 6 nitrogen and oxygen atoms in total. The van der Waals surface area contributed by atoms with E-state index in [2.05, 4.69) is 15.3 Å². The van der Waals surface area contributed by atoms with Crippen molar-refractivity contribution in [2.75, 3.05) is 24.7 Å². The Bertz CT molecular complexity index is 822. The Morgan fingerprint density at radius 2 is 1.92 bits per heavy atom. The second kappa shape index (κ2) is 7.67. The number of rotatable bonds is 5. The van der Waals surface area contributed by atoms with E-state index in [-0.39, 0.29) is 5.82 Å². The Morgan fingerprint density at radius 1 is 1.24 bits per heavy atom. The number of hydrogen-bond acceptors (Lipinski definition) is 6. The van der Waals surface area contributed by atoms with Crippen molar-refractivity contribution in [3.05, 3.63) is 42.6 Å². The molecule has 1 aliphatic heterocycles. The summed E-state index contributed by atoms with van der Waals surface area (Å²) in [5.41, 5.74) is 0.744. The molecule has 0 aliphatic carbocycles. The Kier molecular flexibility index (Phi) is 5.55. The lowest BCUT2D eigenvalue weighted by Gasteiger charge is -2.29. The van der Waals surface area contributed by atoms with Crippen LogP contribution in [0.2, 0.25) is 0 Å². The number of piperidine rings is 1. The van der Waals surface area contributed by atoms with Crippen LogP contribution in [-0.4, -0.2) is 47.3 Å². The van der Waals surface area contributed by atoms with E-state index in [1.54, 1.807) is 30.1 Å². The van der Waals surface area contributed by atoms with Crippen LogP contribution in [0.5, 0.6) is 0 Å². The number of nitrogens with one attached hydrogen (secondary N) is 1. The van der Waals surface area contributed by atoms with Crippen molar-refractivity contribution in [2.45, 2.75) is 23.0 Å². The molecule has 0 spiro atoms. The number of anilines is 2. The number of nitrogens with zero attached hydrogens (tertiary/aromatic N) is 3. The number of sulfonamides is 1. The van der Waals surface area contributed by atoms with Crippen molar-refractivity contribution in [1.29, 1.82) is 0 Å². The van der Waals surface area contributed by atoms with Gasteiger partial charge >= 0.3 is 0 Å². The molecule has 1 aromatic carbocycles. The SMILES string of the molecule is CS(=O)(=O)N1CCC(Sc2cncnc2Nc2ccc(F)cc2)CC1. The van der Waals surface area contributed by atoms with E-state index in [9.17, 15) is 12.8 Å². The summed E-state index contributed by atoms with van der Waals surface area (Å²) in [7, 11) is -3.12. The number of hydrogen-bond donors (Lipinski definition) is 1. The third-order valence-corrected chi connectivity index (χ3v) is 6.61. The largest absolute Gasteiger partial charge is 0.339 e. The van der Waals surface area contributed by atoms with Gasteiger partial charge in [0.15, 0.2) is 0 Å². The molecule has 0 amide bonds. The molecule has 0 bridgehead atoms. The van der Waals surface area contributed by atoms with E-state index in [4.69, 9.17) is 0 Å². The van der Waals surface area contributed by atoms with Gasteiger partial charge in [-0.15, -0.1) is 11.8 Å². The fourth-order valence-corrected chi connectivity index (χ4v) is 4.64. The zero-order valence-electron chi connectivity index (χ0n) is 13.7. The average molecular weight is 382 g/mol. The molecule has 0 atom stereocenters. The molecule has 0 unspecified atom stereocenters. The number of aromatic nitrogens is 2. The highest BCUT2D eigenvalue weighted by Gasteiger charge is 2.26. The molecule has 0 saturated carbocycles. The van der Waals surface area contributed by atoms with Gasteiger partial charge in [0, 0.05) is 30.2 Å². The number of thioether (sulfide) groups is 1. The van der Waals surface area contributed by atoms with E-state index < -0.39 is 10.0 Å². The maximum Gasteiger partial charge on any atom is 0.211 e. The first kappa shape index (κ1) is 18.1. The lowest BCUT2D eigenvalue weighted by atomic mass is 10.2. The molecule has 2 aromatic rings. The monoisotopic (exact) mass is 382 g/mol. The minimum Gasteiger partial charge on any atom is -0.339 e. The van der Waals surface area contributed by atoms with Gasteiger partial charge in [0.25, 0.3) is 0 Å². The summed E-state index contributed by atoms with van der Waals surface area (Å²) in [6, 6.07) is 6.07. The van der Waals surface area contributed by atoms with Crippen LogP contribution in [0.15, 0.2) is 41.7 Å². The van der Waals surface area contributed by atoms with Crippen LogP contribution in [0.1, 0.15) is 12.8 Å². The highest BCUT2D eigenvalue weighted by Crippen LogP contribution is 2.34. The minimum atomic E-state index is -3.12. The number of benzene rings is 1. The quantitative estimate of drug-likeness (QED) is 0.857. The third-order valence-electron chi connectivity index (χ3n) is 3.95. The van der Waals surface area contributed by atoms with Crippen molar-refractivity contribution in [3.8, 4) is 0 Å². The second-order valence-corrected chi connectivity index (χ2v) is 9.17. The standard InChI is InChI=1S/C16H19FN4O2S2/c1-25(22,23)21-8-6-14(7-9-21)24-15-10-18-11-19-16(15)20-13-4-2-12(17)3-5-13/h2-5,10-11,14H,6-9H2,1H3,(H,18,19,20). The van der Waals surface area contributed by atoms with Gasteiger partial charge in [0.05, 0.1) is 11.2 Å². The van der Waals surface area contributed by atoms with Crippen molar-refractivity contribution in [3.63, 3.8) is 0 Å². The minimum absolute atomic E-state index is 0.291. The molecule has 1 aromatic heterocycles. The van der Waals surface area contributed by atoms with Gasteiger partial charge < -0.3 is 5.32 Å². The van der Waals surface area contributed by atoms with Crippen LogP contribution >= 0.6 is 11.8 Å². The van der Waals surface area contributed by atoms with E-state index >= 15 is 0 Å². The van der Waals surface area contributed by atoms with Gasteiger partial charge in [0.1, 0.15) is 18.0 Å². The summed E-state index contributed by atoms with van der Waals surface area (Å²) in [5.74, 6) is 0.373. The maximum absolute atomic E-state index is 13.0. The lowest BCUT2D eigenvalue weighted by Crippen LogP contribution is -2.38. The lowest BCUT2D eigenvalue weighted by molar-refractivity contribution is 0.355. The van der Waals surface area contributed by atoms with Crippen molar-refractivity contribution in [2.24, 2.45) is 0 Å². The summed E-state index contributed by atoms with van der Waals surface area (Å²) < 4.78 is 37.7. The zero-order chi connectivity index (χ0) is 17.9. The molecule has 1 aliphatic rings. The van der Waals surface area contributed by atoms with E-state index in [0.29, 0.717) is 24.2 Å². The summed E-state index contributed by atoms with van der Waals surface area (Å²) in [6.45, 7) is 1.07. The average Bonchev–Trinajstić information content (AvgIpc) is 2.58. The molecule has 0 radical (unpaired) electrons. The van der Waals surface area contributed by atoms with Gasteiger partial charge in [0.2, 0.25) is 10.0 Å². The van der Waals surface area contributed by atoms with Crippen molar-refractivity contribution < 1.29 is 12.8 Å². The summed E-state index contributed by atoms with van der Waals surface area (Å²) in [6.07, 6.45) is 6.01. The van der Waals surface area contributed by atoms with Crippen LogP contribution in [-0.2, 0) is 10.0 Å². The van der Waals surface area contributed by atoms with Crippen LogP contribution in [0.3, 0.4) is 0 Å². The Balaban J connectivity index is 1.66. The van der Waals surface area contributed by atoms with Crippen LogP contribution in [0, 0.1) is 5.82 Å². The van der Waals surface area contributed by atoms with Gasteiger partial charge in [-0.1, -0.05) is 0 Å². The molecule has 1 saturated heterocycles. The molecule has 2 heterocycles. The Labute approximate surface area is 150 Å². The fraction of sp³-hybridized carbons (Fsp3) is 0.375. The first-order valence-electron chi connectivity index (χ1n) is 7.86. The third kappa shape index (κ3) is 4.90. The molecule has 25 heavy (non-hydrogen) atoms. The van der Waals surface area contributed by atoms with Crippen molar-refractivity contribution >= 4 is 33.3 Å². The molecular weight excluding hydrogens is 363 g/mol. The maximum atomic E-state index is 13.0. The first-order chi connectivity index (χ1) is 11.9. The predicted molar refractivity (Wildman–Crippen MR) is 97.0 cm³/mol. The Morgan fingerprint density at radius 3 is 2.56 bits per heavy atom. The normalized spacial score (nSPS) is 16.7. The van der Waals surface area contributed by atoms with Gasteiger partial charge in [-0.05, 0) is 37.1 Å². The topological polar surface area (TPSA) is 75.2 Å². The van der Waals surface area contributed by atoms with E-state index in [0.717, 1.165) is 23.4 Å². The van der Waals surface area contributed by atoms with Crippen LogP contribution < -0.4 is 5.32 Å². The van der Waals surface area contributed by atoms with Crippen LogP contribution in [0.4, 0.5) is 15.9 Å². The van der Waals surface area contributed by atoms with Crippen molar-refractivity contribution in [1.82, 2.24) is 14.3 Å². The molecule has 3 rings (SSSR count). The Hall–Kier alpha value is -1.71.